The van der Waals surface area contributed by atoms with Gasteiger partial charge in [0.25, 0.3) is 0 Å². The fraction of sp³-hybridized carbons (Fsp3) is 0.667. The normalized spacial score (nSPS) is 23.9. The molecule has 2 heterocycles. The van der Waals surface area contributed by atoms with E-state index in [0.717, 1.165) is 0 Å². The van der Waals surface area contributed by atoms with Crippen LogP contribution in [0.15, 0.2) is 18.5 Å². The standard InChI is InChI=1S/C9H14IN3/c10-3-7-12-6-2-9(8-12)13-5-1-4-11-13/h1,4-5,9H,2-3,6-8H2. The molecular weight excluding hydrogens is 277 g/mol. The summed E-state index contributed by atoms with van der Waals surface area (Å²) >= 11 is 2.43. The van der Waals surface area contributed by atoms with Crippen LogP contribution in [0.4, 0.5) is 0 Å². The van der Waals surface area contributed by atoms with Crippen molar-refractivity contribution < 1.29 is 0 Å². The molecule has 0 bridgehead atoms. The molecule has 0 aliphatic carbocycles. The van der Waals surface area contributed by atoms with E-state index >= 15 is 0 Å². The van der Waals surface area contributed by atoms with E-state index in [4.69, 9.17) is 0 Å². The van der Waals surface area contributed by atoms with Crippen LogP contribution in [-0.4, -0.2) is 38.7 Å². The summed E-state index contributed by atoms with van der Waals surface area (Å²) in [5.74, 6) is 0. The van der Waals surface area contributed by atoms with Crippen LogP contribution in [-0.2, 0) is 0 Å². The third-order valence-corrected chi connectivity index (χ3v) is 3.03. The molecule has 4 heteroatoms. The van der Waals surface area contributed by atoms with Gasteiger partial charge in [0.15, 0.2) is 0 Å². The lowest BCUT2D eigenvalue weighted by Gasteiger charge is -2.14. The van der Waals surface area contributed by atoms with E-state index in [1.807, 2.05) is 12.3 Å². The van der Waals surface area contributed by atoms with Crippen molar-refractivity contribution in [3.8, 4) is 0 Å². The Morgan fingerprint density at radius 1 is 1.54 bits per heavy atom. The average Bonchev–Trinajstić information content (AvgIpc) is 2.70. The maximum Gasteiger partial charge on any atom is 0.0658 e. The molecule has 1 fully saturated rings. The van der Waals surface area contributed by atoms with Crippen molar-refractivity contribution in [1.82, 2.24) is 14.7 Å². The minimum absolute atomic E-state index is 0.609. The van der Waals surface area contributed by atoms with Crippen molar-refractivity contribution in [2.24, 2.45) is 0 Å². The zero-order chi connectivity index (χ0) is 9.10. The number of aromatic nitrogens is 2. The van der Waals surface area contributed by atoms with E-state index in [1.54, 1.807) is 0 Å². The van der Waals surface area contributed by atoms with Gasteiger partial charge in [-0.3, -0.25) is 4.68 Å². The monoisotopic (exact) mass is 291 g/mol. The molecule has 13 heavy (non-hydrogen) atoms. The Morgan fingerprint density at radius 2 is 2.46 bits per heavy atom. The molecule has 0 spiro atoms. The van der Waals surface area contributed by atoms with Crippen molar-refractivity contribution >= 4 is 22.6 Å². The molecule has 0 aromatic carbocycles. The molecule has 0 saturated carbocycles. The van der Waals surface area contributed by atoms with Gasteiger partial charge in [0.05, 0.1) is 6.04 Å². The Kier molecular flexibility index (Phi) is 3.21. The molecule has 2 rings (SSSR count). The van der Waals surface area contributed by atoms with Crippen LogP contribution in [0.25, 0.3) is 0 Å². The number of halogens is 1. The Hall–Kier alpha value is -0.100. The van der Waals surface area contributed by atoms with Gasteiger partial charge in [0.2, 0.25) is 0 Å². The van der Waals surface area contributed by atoms with Crippen LogP contribution in [0.2, 0.25) is 0 Å². The van der Waals surface area contributed by atoms with Gasteiger partial charge in [-0.25, -0.2) is 0 Å². The molecule has 1 aliphatic heterocycles. The van der Waals surface area contributed by atoms with Gasteiger partial charge in [-0.05, 0) is 12.5 Å². The quantitative estimate of drug-likeness (QED) is 0.622. The zero-order valence-electron chi connectivity index (χ0n) is 7.56. The topological polar surface area (TPSA) is 21.1 Å². The Bertz CT molecular complexity index is 247. The summed E-state index contributed by atoms with van der Waals surface area (Å²) in [5.41, 5.74) is 0. The van der Waals surface area contributed by atoms with Gasteiger partial charge >= 0.3 is 0 Å². The summed E-state index contributed by atoms with van der Waals surface area (Å²) in [6, 6.07) is 2.61. The number of nitrogens with zero attached hydrogens (tertiary/aromatic N) is 3. The van der Waals surface area contributed by atoms with Crippen LogP contribution in [0.3, 0.4) is 0 Å². The maximum atomic E-state index is 4.28. The summed E-state index contributed by atoms with van der Waals surface area (Å²) in [7, 11) is 0. The molecule has 0 N–H and O–H groups in total. The molecular formula is C9H14IN3. The molecule has 1 aromatic heterocycles. The fourth-order valence-corrected chi connectivity index (χ4v) is 2.53. The first-order valence-corrected chi connectivity index (χ1v) is 6.20. The first kappa shape index (κ1) is 9.45. The average molecular weight is 291 g/mol. The molecule has 3 nitrogen and oxygen atoms in total. The highest BCUT2D eigenvalue weighted by Gasteiger charge is 2.22. The van der Waals surface area contributed by atoms with Gasteiger partial charge in [0.1, 0.15) is 0 Å². The number of likely N-dealkylation sites (tertiary alicyclic amines) is 1. The van der Waals surface area contributed by atoms with Gasteiger partial charge in [-0.2, -0.15) is 5.10 Å². The molecule has 1 atom stereocenters. The fourth-order valence-electron chi connectivity index (χ4n) is 1.85. The lowest BCUT2D eigenvalue weighted by atomic mass is 10.3. The van der Waals surface area contributed by atoms with Crippen LogP contribution >= 0.6 is 22.6 Å². The van der Waals surface area contributed by atoms with Crippen LogP contribution in [0.1, 0.15) is 12.5 Å². The Balaban J connectivity index is 1.91. The predicted octanol–water partition coefficient (Wildman–Crippen LogP) is 1.56. The Morgan fingerprint density at radius 3 is 3.15 bits per heavy atom. The van der Waals surface area contributed by atoms with Crippen LogP contribution < -0.4 is 0 Å². The first-order chi connectivity index (χ1) is 6.40. The summed E-state index contributed by atoms with van der Waals surface area (Å²) in [6.45, 7) is 3.62. The lowest BCUT2D eigenvalue weighted by Crippen LogP contribution is -2.23. The SMILES string of the molecule is ICCN1CCC(n2cccn2)C1. The predicted molar refractivity (Wildman–Crippen MR) is 61.2 cm³/mol. The third kappa shape index (κ3) is 2.22. The summed E-state index contributed by atoms with van der Waals surface area (Å²) in [5, 5.41) is 4.28. The lowest BCUT2D eigenvalue weighted by molar-refractivity contribution is 0.340. The summed E-state index contributed by atoms with van der Waals surface area (Å²) in [4.78, 5) is 2.51. The van der Waals surface area contributed by atoms with E-state index < -0.39 is 0 Å². The molecule has 72 valence electrons. The smallest absolute Gasteiger partial charge is 0.0658 e. The largest absolute Gasteiger partial charge is 0.300 e. The first-order valence-electron chi connectivity index (χ1n) is 4.67. The van der Waals surface area contributed by atoms with E-state index in [9.17, 15) is 0 Å². The summed E-state index contributed by atoms with van der Waals surface area (Å²) in [6.07, 6.45) is 5.18. The maximum absolute atomic E-state index is 4.28. The van der Waals surface area contributed by atoms with Gasteiger partial charge < -0.3 is 4.90 Å². The number of hydrogen-bond donors (Lipinski definition) is 0. The van der Waals surface area contributed by atoms with Crippen LogP contribution in [0.5, 0.6) is 0 Å². The Labute approximate surface area is 92.2 Å². The van der Waals surface area contributed by atoms with Gasteiger partial charge in [-0.1, -0.05) is 22.6 Å². The number of rotatable bonds is 3. The zero-order valence-corrected chi connectivity index (χ0v) is 9.72. The molecule has 1 aromatic rings. The van der Waals surface area contributed by atoms with E-state index in [2.05, 4.69) is 43.5 Å². The minimum atomic E-state index is 0.609. The second-order valence-electron chi connectivity index (χ2n) is 3.42. The second kappa shape index (κ2) is 4.41. The van der Waals surface area contributed by atoms with Crippen molar-refractivity contribution in [2.75, 3.05) is 24.1 Å². The van der Waals surface area contributed by atoms with Crippen LogP contribution in [0, 0.1) is 0 Å². The van der Waals surface area contributed by atoms with Crippen molar-refractivity contribution in [1.29, 1.82) is 0 Å². The molecule has 0 amide bonds. The molecule has 1 aliphatic rings. The highest BCUT2D eigenvalue weighted by Crippen LogP contribution is 2.19. The molecule has 1 saturated heterocycles. The minimum Gasteiger partial charge on any atom is -0.300 e. The number of alkyl halides is 1. The van der Waals surface area contributed by atoms with Gasteiger partial charge in [-0.15, -0.1) is 0 Å². The second-order valence-corrected chi connectivity index (χ2v) is 4.50. The highest BCUT2D eigenvalue weighted by atomic mass is 127. The van der Waals surface area contributed by atoms with Gasteiger partial charge in [0, 0.05) is 36.5 Å². The highest BCUT2D eigenvalue weighted by molar-refractivity contribution is 14.1. The molecule has 1 unspecified atom stereocenters. The van der Waals surface area contributed by atoms with Crippen molar-refractivity contribution in [3.05, 3.63) is 18.5 Å². The van der Waals surface area contributed by atoms with E-state index in [0.29, 0.717) is 6.04 Å². The number of hydrogen-bond acceptors (Lipinski definition) is 2. The summed E-state index contributed by atoms with van der Waals surface area (Å²) < 4.78 is 3.32. The molecule has 0 radical (unpaired) electrons. The van der Waals surface area contributed by atoms with E-state index in [-0.39, 0.29) is 0 Å². The van der Waals surface area contributed by atoms with Crippen molar-refractivity contribution in [3.63, 3.8) is 0 Å². The van der Waals surface area contributed by atoms with E-state index in [1.165, 1.54) is 30.5 Å². The van der Waals surface area contributed by atoms with Crippen molar-refractivity contribution in [2.45, 2.75) is 12.5 Å². The third-order valence-electron chi connectivity index (χ3n) is 2.55.